The van der Waals surface area contributed by atoms with E-state index in [1.54, 1.807) is 41.5 Å². The van der Waals surface area contributed by atoms with Gasteiger partial charge in [0.1, 0.15) is 22.4 Å². The quantitative estimate of drug-likeness (QED) is 0.0505. The molecule has 0 saturated heterocycles. The number of ether oxygens (including phenoxy) is 5. The first-order valence-corrected chi connectivity index (χ1v) is 29.8. The van der Waals surface area contributed by atoms with Crippen LogP contribution in [0.15, 0.2) is 48.5 Å². The van der Waals surface area contributed by atoms with E-state index in [0.29, 0.717) is 42.2 Å². The molecule has 0 atom stereocenters. The Morgan fingerprint density at radius 1 is 0.419 bits per heavy atom. The monoisotopic (exact) mass is 1460 g/mol. The van der Waals surface area contributed by atoms with Gasteiger partial charge in [-0.05, 0) is 212 Å². The fraction of sp³-hybridized carbons (Fsp3) is 0.683. The third kappa shape index (κ3) is 33.2. The zero-order valence-corrected chi connectivity index (χ0v) is 58.8. The summed E-state index contributed by atoms with van der Waals surface area (Å²) in [6.45, 7) is 25.3. The van der Waals surface area contributed by atoms with Crippen LogP contribution in [0.2, 0.25) is 0 Å². The molecule has 4 aliphatic rings. The molecule has 21 nitrogen and oxygen atoms in total. The van der Waals surface area contributed by atoms with E-state index in [0.717, 1.165) is 142 Å². The molecule has 4 saturated carbocycles. The predicted octanol–water partition coefficient (Wildman–Crippen LogP) is 12.3. The van der Waals surface area contributed by atoms with Crippen molar-refractivity contribution in [3.63, 3.8) is 0 Å². The second kappa shape index (κ2) is 37.5. The van der Waals surface area contributed by atoms with Gasteiger partial charge in [0.25, 0.3) is 0 Å². The fourth-order valence-electron chi connectivity index (χ4n) is 9.58. The molecule has 2 amide bonds. The molecule has 12 N–H and O–H groups in total. The second-order valence-electron chi connectivity index (χ2n) is 26.4. The number of benzene rings is 2. The van der Waals surface area contributed by atoms with Crippen molar-refractivity contribution in [2.75, 3.05) is 10.6 Å². The number of carbonyl (C=O) groups is 4. The summed E-state index contributed by atoms with van der Waals surface area (Å²) in [4.78, 5) is 63.7. The summed E-state index contributed by atoms with van der Waals surface area (Å²) in [6.07, 6.45) is 13.8. The Bertz CT molecular complexity index is 2610. The van der Waals surface area contributed by atoms with Crippen LogP contribution in [0.25, 0.3) is 21.8 Å². The van der Waals surface area contributed by atoms with Crippen LogP contribution in [-0.4, -0.2) is 115 Å². The number of nitrogens with zero attached hydrogens (tertiary/aromatic N) is 4. The minimum Gasteiger partial charge on any atom is -0.444 e. The minimum atomic E-state index is -1.06. The maximum absolute atomic E-state index is 11.9. The van der Waals surface area contributed by atoms with Gasteiger partial charge in [0, 0.05) is 109 Å². The van der Waals surface area contributed by atoms with Gasteiger partial charge in [-0.3, -0.25) is 0 Å². The van der Waals surface area contributed by atoms with Gasteiger partial charge in [0.15, 0.2) is 0 Å². The van der Waals surface area contributed by atoms with Gasteiger partial charge in [-0.15, -0.1) is 0 Å². The van der Waals surface area contributed by atoms with Crippen LogP contribution >= 0.6 is 0 Å². The molecular weight excluding hydrogens is 1360 g/mol. The summed E-state index contributed by atoms with van der Waals surface area (Å²) in [5, 5.41) is 15.0. The van der Waals surface area contributed by atoms with Crippen molar-refractivity contribution >= 4 is 58.2 Å². The molecule has 2 aromatic heterocycles. The van der Waals surface area contributed by atoms with Crippen LogP contribution in [0.5, 0.6) is 0 Å². The van der Waals surface area contributed by atoms with Crippen molar-refractivity contribution in [2.45, 2.75) is 278 Å². The summed E-state index contributed by atoms with van der Waals surface area (Å²) in [7, 11) is 0. The molecule has 0 unspecified atom stereocenters. The van der Waals surface area contributed by atoms with E-state index in [4.69, 9.17) is 41.9 Å². The molecule has 481 valence electrons. The molecule has 0 aliphatic heterocycles. The molecular formula is C63H106N12O9UV. The van der Waals surface area contributed by atoms with E-state index in [1.807, 2.05) is 97.9 Å². The number of amides is 2. The normalized spacial score (nSPS) is 21.9. The van der Waals surface area contributed by atoms with Crippen molar-refractivity contribution in [3.05, 3.63) is 59.9 Å². The first-order chi connectivity index (χ1) is 38.7. The molecule has 2 aromatic carbocycles. The average Bonchev–Trinajstić information content (AvgIpc) is 2.63. The van der Waals surface area contributed by atoms with Crippen molar-refractivity contribution in [1.82, 2.24) is 30.6 Å². The van der Waals surface area contributed by atoms with Crippen LogP contribution in [0.3, 0.4) is 0 Å². The minimum absolute atomic E-state index is 0. The molecule has 8 rings (SSSR count). The Balaban J connectivity index is 0.000000555. The SMILES string of the molecule is C.CC(C)(C)OC(=O)NC1CCC(N)CC1.CC(C)(C)OC(=O)OC(=O)OC(C)(C)C.Cc1nc(NC2CCC(N)CC2)nc2ccccc12.Cc1nc(NC2CCC(NC(=O)OC(C)(C)C)CC2)nc2ccccc12.NC1CCC(N)CC1.[U].[V]. The summed E-state index contributed by atoms with van der Waals surface area (Å²) in [6, 6.07) is 18.9. The Kier molecular flexibility index (Phi) is 34.6. The zero-order valence-electron chi connectivity index (χ0n) is 53.3. The van der Waals surface area contributed by atoms with E-state index in [-0.39, 0.29) is 81.4 Å². The zero-order chi connectivity index (χ0) is 61.7. The topological polar surface area (TPSA) is 318 Å². The first-order valence-electron chi connectivity index (χ1n) is 29.8. The maximum Gasteiger partial charge on any atom is 0.519 e. The molecule has 0 spiro atoms. The summed E-state index contributed by atoms with van der Waals surface area (Å²) in [5.41, 5.74) is 24.7. The van der Waals surface area contributed by atoms with Crippen LogP contribution in [0.1, 0.15) is 205 Å². The average molecular weight is 1460 g/mol. The first kappa shape index (κ1) is 79.5. The predicted molar refractivity (Wildman–Crippen MR) is 336 cm³/mol. The van der Waals surface area contributed by atoms with Gasteiger partial charge in [-0.1, -0.05) is 43.8 Å². The standard InChI is InChI=1S/C20H28N4O2.C15H20N4.C11H22N2O2.C10H18O5.C6H14N2.CH4.U.V/c1-13-16-7-5-6-8-17(16)24-18(21-13)22-14-9-11-15(12-10-14)23-19(25)26-20(2,3)4;1-10-13-4-2-3-5-14(13)19-15(17-10)18-12-8-6-11(16)7-9-12;1-11(2,3)15-10(14)13-9-6-4-8(12)5-7-9;1-9(2,3)14-7(11)13-8(12)15-10(4,5)6;7-5-1-2-6(8)4-3-5;;;/h5-8,14-15H,9-12H2,1-4H3,(H,23,25)(H,21,22,24);2-5,11-12H,6-9,16H2,1H3,(H,17,18,19);8-9H,4-7,12H2,1-3H3,(H,13,14);1-6H3;5-6H,1-4,7-8H2;1H4;;. The third-order valence-corrected chi connectivity index (χ3v) is 13.7. The van der Waals surface area contributed by atoms with Crippen LogP contribution in [-0.2, 0) is 42.2 Å². The number of rotatable bonds is 6. The molecule has 86 heavy (non-hydrogen) atoms. The fourth-order valence-corrected chi connectivity index (χ4v) is 9.58. The number of alkyl carbamates (subject to hydrolysis) is 2. The van der Waals surface area contributed by atoms with E-state index in [9.17, 15) is 19.2 Å². The number of nitrogens with one attached hydrogen (secondary N) is 4. The third-order valence-electron chi connectivity index (χ3n) is 13.7. The van der Waals surface area contributed by atoms with Crippen LogP contribution in [0.4, 0.5) is 31.1 Å². The number of fused-ring (bicyclic) bond motifs is 2. The number of aromatic nitrogens is 4. The molecule has 1 radical (unpaired) electrons. The van der Waals surface area contributed by atoms with E-state index >= 15 is 0 Å². The second-order valence-corrected chi connectivity index (χ2v) is 26.4. The number of para-hydroxylation sites is 2. The molecule has 4 aromatic rings. The summed E-state index contributed by atoms with van der Waals surface area (Å²) >= 11 is 0. The van der Waals surface area contributed by atoms with E-state index < -0.39 is 34.7 Å². The maximum atomic E-state index is 11.9. The Morgan fingerprint density at radius 3 is 0.977 bits per heavy atom. The Hall–Kier alpha value is -4.52. The van der Waals surface area contributed by atoms with Gasteiger partial charge in [-0.2, -0.15) is 0 Å². The van der Waals surface area contributed by atoms with Crippen molar-refractivity contribution in [1.29, 1.82) is 0 Å². The summed E-state index contributed by atoms with van der Waals surface area (Å²) < 4.78 is 24.3. The summed E-state index contributed by atoms with van der Waals surface area (Å²) in [5.74, 6) is 1.43. The van der Waals surface area contributed by atoms with Crippen LogP contribution in [0, 0.1) is 45.0 Å². The number of hydrogen-bond donors (Lipinski definition) is 8. The van der Waals surface area contributed by atoms with Crippen molar-refractivity contribution < 1.29 is 92.5 Å². The molecule has 4 aliphatic carbocycles. The van der Waals surface area contributed by atoms with Gasteiger partial charge < -0.3 is 67.9 Å². The van der Waals surface area contributed by atoms with Gasteiger partial charge >= 0.3 is 24.5 Å². The number of hydrogen-bond acceptors (Lipinski definition) is 19. The van der Waals surface area contributed by atoms with Crippen LogP contribution < -0.4 is 44.2 Å². The van der Waals surface area contributed by atoms with Crippen molar-refractivity contribution in [3.8, 4) is 0 Å². The molecule has 2 heterocycles. The number of anilines is 2. The largest absolute Gasteiger partial charge is 0.519 e. The number of nitrogens with two attached hydrogens (primary N) is 4. The Morgan fingerprint density at radius 2 is 0.674 bits per heavy atom. The van der Waals surface area contributed by atoms with Gasteiger partial charge in [0.2, 0.25) is 11.9 Å². The van der Waals surface area contributed by atoms with Gasteiger partial charge in [-0.25, -0.2) is 39.1 Å². The van der Waals surface area contributed by atoms with E-state index in [1.165, 1.54) is 0 Å². The molecule has 0 bridgehead atoms. The van der Waals surface area contributed by atoms with Gasteiger partial charge in [0.05, 0.1) is 22.4 Å². The smallest absolute Gasteiger partial charge is 0.444 e. The number of aryl methyl sites for hydroxylation is 2. The van der Waals surface area contributed by atoms with E-state index in [2.05, 4.69) is 52.0 Å². The number of carbonyl (C=O) groups excluding carboxylic acids is 4. The molecule has 4 fully saturated rings. The Labute approximate surface area is 549 Å². The molecule has 23 heteroatoms. The van der Waals surface area contributed by atoms with Crippen molar-refractivity contribution in [2.24, 2.45) is 22.9 Å².